The number of benzene rings is 3. The number of anilines is 2. The maximum atomic E-state index is 13.5. The first-order valence-electron chi connectivity index (χ1n) is 9.64. The van der Waals surface area contributed by atoms with E-state index < -0.39 is 5.56 Å². The molecule has 0 unspecified atom stereocenters. The second-order valence-electron chi connectivity index (χ2n) is 7.50. The molecule has 0 atom stereocenters. The molecule has 0 amide bonds. The summed E-state index contributed by atoms with van der Waals surface area (Å²) in [6.45, 7) is 3.48. The quantitative estimate of drug-likeness (QED) is 0.477. The zero-order valence-corrected chi connectivity index (χ0v) is 16.5. The van der Waals surface area contributed by atoms with Gasteiger partial charge in [-0.1, -0.05) is 42.0 Å². The third kappa shape index (κ3) is 2.59. The second-order valence-corrected chi connectivity index (χ2v) is 7.50. The van der Waals surface area contributed by atoms with Crippen molar-refractivity contribution >= 4 is 38.8 Å². The minimum absolute atomic E-state index is 0.114. The molecular weight excluding hydrogens is 376 g/mol. The Kier molecular flexibility index (Phi) is 3.93. The van der Waals surface area contributed by atoms with Gasteiger partial charge >= 0.3 is 0 Å². The highest BCUT2D eigenvalue weighted by Gasteiger charge is 2.16. The summed E-state index contributed by atoms with van der Waals surface area (Å²) in [5.41, 5.74) is 2.41. The van der Waals surface area contributed by atoms with E-state index in [1.165, 1.54) is 6.92 Å². The predicted octanol–water partition coefficient (Wildman–Crippen LogP) is 3.73. The molecule has 0 saturated heterocycles. The molecule has 3 aromatic rings. The zero-order valence-electron chi connectivity index (χ0n) is 16.5. The van der Waals surface area contributed by atoms with Gasteiger partial charge in [-0.25, -0.2) is 4.98 Å². The smallest absolute Gasteiger partial charge is 0.281 e. The number of nitrogens with zero attached hydrogens (tertiary/aromatic N) is 1. The first-order valence-corrected chi connectivity index (χ1v) is 9.64. The number of rotatable bonds is 2. The van der Waals surface area contributed by atoms with Crippen LogP contribution in [-0.4, -0.2) is 10.1 Å². The van der Waals surface area contributed by atoms with Crippen LogP contribution in [0.1, 0.15) is 12.5 Å². The summed E-state index contributed by atoms with van der Waals surface area (Å²) < 4.78 is 0. The number of aliphatic hydroxyl groups excluding tert-OH is 1. The highest BCUT2D eigenvalue weighted by Crippen LogP contribution is 2.26. The number of nitrogens with one attached hydrogen (secondary N) is 1. The van der Waals surface area contributed by atoms with Gasteiger partial charge in [-0.05, 0) is 43.5 Å². The van der Waals surface area contributed by atoms with Crippen LogP contribution in [0.3, 0.4) is 0 Å². The van der Waals surface area contributed by atoms with Gasteiger partial charge in [-0.15, -0.1) is 0 Å². The number of aliphatic hydroxyl groups is 1. The van der Waals surface area contributed by atoms with Crippen LogP contribution in [-0.2, 0) is 0 Å². The third-order valence-corrected chi connectivity index (χ3v) is 5.48. The van der Waals surface area contributed by atoms with Crippen molar-refractivity contribution < 1.29 is 5.11 Å². The Morgan fingerprint density at radius 3 is 2.30 bits per heavy atom. The second kappa shape index (κ2) is 6.52. The van der Waals surface area contributed by atoms with Gasteiger partial charge in [0.15, 0.2) is 5.43 Å². The Morgan fingerprint density at radius 1 is 0.900 bits per heavy atom. The van der Waals surface area contributed by atoms with E-state index in [4.69, 9.17) is 0 Å². The highest BCUT2D eigenvalue weighted by molar-refractivity contribution is 5.95. The number of hydrogen-bond donors (Lipinski definition) is 2. The monoisotopic (exact) mass is 394 g/mol. The van der Waals surface area contributed by atoms with E-state index >= 15 is 0 Å². The van der Waals surface area contributed by atoms with Crippen molar-refractivity contribution in [2.75, 3.05) is 5.32 Å². The van der Waals surface area contributed by atoms with Gasteiger partial charge < -0.3 is 10.4 Å². The van der Waals surface area contributed by atoms with E-state index in [1.807, 2.05) is 37.3 Å². The van der Waals surface area contributed by atoms with Gasteiger partial charge in [0.25, 0.3) is 5.56 Å². The topological polar surface area (TPSA) is 79.3 Å². The van der Waals surface area contributed by atoms with E-state index in [0.29, 0.717) is 37.8 Å². The van der Waals surface area contributed by atoms with Crippen molar-refractivity contribution in [2.45, 2.75) is 13.8 Å². The molecule has 0 aromatic heterocycles. The average Bonchev–Trinajstić information content (AvgIpc) is 2.73. The minimum Gasteiger partial charge on any atom is -0.512 e. The Hall–Kier alpha value is -3.99. The Morgan fingerprint density at radius 2 is 1.60 bits per heavy atom. The maximum absolute atomic E-state index is 13.5. The number of aryl methyl sites for hydroxylation is 1. The van der Waals surface area contributed by atoms with Crippen LogP contribution in [0.2, 0.25) is 0 Å². The zero-order chi connectivity index (χ0) is 21.0. The van der Waals surface area contributed by atoms with Crippen molar-refractivity contribution in [3.05, 3.63) is 102 Å². The molecular formula is C25H18N2O3. The standard InChI is InChI=1S/C25H18N2O3/c1-13-7-9-15(10-8-13)26-19-12-11-18-22-21(20(14(2)28)25(30)27-18)16-5-3-4-6-17(16)24(29)23(19)22/h3-12,26,28H,1-2H3. The molecule has 3 aromatic carbocycles. The lowest BCUT2D eigenvalue weighted by Gasteiger charge is -2.12. The SMILES string of the molecule is CC(O)=c1c(=O)nc2ccc(Nc3ccc(C)cc3)c3c2=c1c1ccccc1c3=O. The van der Waals surface area contributed by atoms with Crippen molar-refractivity contribution in [1.82, 2.24) is 4.98 Å². The molecule has 5 rings (SSSR count). The van der Waals surface area contributed by atoms with Crippen LogP contribution in [0.25, 0.3) is 27.4 Å². The third-order valence-electron chi connectivity index (χ3n) is 5.48. The average molecular weight is 394 g/mol. The normalized spacial score (nSPS) is 12.6. The fourth-order valence-electron chi connectivity index (χ4n) is 4.11. The lowest BCUT2D eigenvalue weighted by molar-refractivity contribution is 0.498. The first-order chi connectivity index (χ1) is 14.5. The molecule has 0 bridgehead atoms. The highest BCUT2D eigenvalue weighted by atomic mass is 16.3. The molecule has 0 spiro atoms. The van der Waals surface area contributed by atoms with E-state index in [2.05, 4.69) is 10.3 Å². The van der Waals surface area contributed by atoms with Gasteiger partial charge in [-0.3, -0.25) is 9.59 Å². The van der Waals surface area contributed by atoms with Gasteiger partial charge in [-0.2, -0.15) is 0 Å². The van der Waals surface area contributed by atoms with E-state index in [-0.39, 0.29) is 16.4 Å². The molecule has 0 saturated carbocycles. The molecule has 5 heteroatoms. The molecule has 2 aliphatic rings. The molecule has 0 radical (unpaired) electrons. The summed E-state index contributed by atoms with van der Waals surface area (Å²) in [7, 11) is 0. The van der Waals surface area contributed by atoms with Crippen molar-refractivity contribution in [3.63, 3.8) is 0 Å². The Balaban J connectivity index is 2.06. The van der Waals surface area contributed by atoms with Crippen LogP contribution >= 0.6 is 0 Å². The molecule has 1 heterocycles. The van der Waals surface area contributed by atoms with Crippen LogP contribution in [0.4, 0.5) is 11.4 Å². The first kappa shape index (κ1) is 18.1. The molecule has 5 nitrogen and oxygen atoms in total. The summed E-state index contributed by atoms with van der Waals surface area (Å²) in [6, 6.07) is 18.5. The van der Waals surface area contributed by atoms with Gasteiger partial charge in [0, 0.05) is 21.5 Å². The van der Waals surface area contributed by atoms with Crippen LogP contribution < -0.4 is 21.5 Å². The van der Waals surface area contributed by atoms with E-state index in [9.17, 15) is 14.7 Å². The summed E-state index contributed by atoms with van der Waals surface area (Å²) in [6.07, 6.45) is 0. The van der Waals surface area contributed by atoms with Crippen molar-refractivity contribution in [3.8, 4) is 0 Å². The molecule has 1 aliphatic heterocycles. The molecule has 146 valence electrons. The number of hydrogen-bond acceptors (Lipinski definition) is 5. The van der Waals surface area contributed by atoms with Crippen LogP contribution in [0.15, 0.2) is 70.3 Å². The lowest BCUT2D eigenvalue weighted by Crippen LogP contribution is -2.32. The van der Waals surface area contributed by atoms with E-state index in [0.717, 1.165) is 11.3 Å². The minimum atomic E-state index is -0.508. The summed E-state index contributed by atoms with van der Waals surface area (Å²) >= 11 is 0. The predicted molar refractivity (Wildman–Crippen MR) is 120 cm³/mol. The van der Waals surface area contributed by atoms with Crippen molar-refractivity contribution in [1.29, 1.82) is 0 Å². The van der Waals surface area contributed by atoms with Gasteiger partial charge in [0.1, 0.15) is 5.76 Å². The molecule has 0 fully saturated rings. The Labute approximate surface area is 170 Å². The van der Waals surface area contributed by atoms with Gasteiger partial charge in [0.05, 0.1) is 21.8 Å². The summed E-state index contributed by atoms with van der Waals surface area (Å²) in [4.78, 5) is 30.4. The summed E-state index contributed by atoms with van der Waals surface area (Å²) in [5, 5.41) is 16.5. The Bertz CT molecular complexity index is 1670. The number of aromatic nitrogens is 1. The van der Waals surface area contributed by atoms with Gasteiger partial charge in [0.2, 0.25) is 0 Å². The molecule has 2 N–H and O–H groups in total. The lowest BCUT2D eigenvalue weighted by atomic mass is 9.97. The largest absolute Gasteiger partial charge is 0.512 e. The molecule has 1 aliphatic carbocycles. The fraction of sp³-hybridized carbons (Fsp3) is 0.0800. The molecule has 30 heavy (non-hydrogen) atoms. The van der Waals surface area contributed by atoms with Crippen molar-refractivity contribution in [2.24, 2.45) is 0 Å². The van der Waals surface area contributed by atoms with Crippen LogP contribution in [0, 0.1) is 17.4 Å². The summed E-state index contributed by atoms with van der Waals surface area (Å²) in [5.74, 6) is -0.114. The number of fused-ring (bicyclic) bond motifs is 2. The van der Waals surface area contributed by atoms with Crippen LogP contribution in [0.5, 0.6) is 0 Å². The van der Waals surface area contributed by atoms with E-state index in [1.54, 1.807) is 30.3 Å². The maximum Gasteiger partial charge on any atom is 0.281 e. The fourth-order valence-corrected chi connectivity index (χ4v) is 4.11.